The molecule has 2 unspecified atom stereocenters. The first-order valence-corrected chi connectivity index (χ1v) is 13.7. The van der Waals surface area contributed by atoms with Crippen molar-refractivity contribution in [1.82, 2.24) is 0 Å². The van der Waals surface area contributed by atoms with E-state index in [2.05, 4.69) is 35.9 Å². The molecule has 2 N–H and O–H groups in total. The highest BCUT2D eigenvalue weighted by Crippen LogP contribution is 2.43. The van der Waals surface area contributed by atoms with E-state index in [1.807, 2.05) is 48.5 Å². The molecule has 4 rings (SSSR count). The highest BCUT2D eigenvalue weighted by atomic mass is 35.5. The number of thiol groups is 2. The Morgan fingerprint density at radius 2 is 0.806 bits per heavy atom. The Labute approximate surface area is 251 Å². The summed E-state index contributed by atoms with van der Waals surface area (Å²) in [5, 5.41) is 9.02. The van der Waals surface area contributed by atoms with Crippen molar-refractivity contribution in [2.24, 2.45) is 0 Å². The first kappa shape index (κ1) is 27.9. The van der Waals surface area contributed by atoms with Crippen molar-refractivity contribution < 1.29 is 0 Å². The summed E-state index contributed by atoms with van der Waals surface area (Å²) in [4.78, 5) is 1.52. The highest BCUT2D eigenvalue weighted by Gasteiger charge is 2.29. The molecular weight excluding hydrogens is 617 g/mol. The minimum absolute atomic E-state index is 0.276. The molecule has 0 aromatic heterocycles. The minimum Gasteiger partial charge on any atom is -0.375 e. The zero-order valence-electron chi connectivity index (χ0n) is 18.2. The van der Waals surface area contributed by atoms with Gasteiger partial charge < -0.3 is 10.6 Å². The third-order valence-corrected chi connectivity index (χ3v) is 8.67. The van der Waals surface area contributed by atoms with Crippen LogP contribution in [0.15, 0.2) is 82.6 Å². The summed E-state index contributed by atoms with van der Waals surface area (Å²) in [6, 6.07) is 21.5. The van der Waals surface area contributed by atoms with Crippen LogP contribution in [0.4, 0.5) is 11.4 Å². The summed E-state index contributed by atoms with van der Waals surface area (Å²) >= 11 is 47.6. The molecule has 4 aromatic rings. The number of rotatable bonds is 7. The Morgan fingerprint density at radius 3 is 1.11 bits per heavy atom. The van der Waals surface area contributed by atoms with Crippen LogP contribution in [0.1, 0.15) is 23.2 Å². The maximum absolute atomic E-state index is 6.45. The molecule has 0 fully saturated rings. The van der Waals surface area contributed by atoms with Crippen LogP contribution in [0.3, 0.4) is 0 Å². The molecule has 0 radical (unpaired) electrons. The summed E-state index contributed by atoms with van der Waals surface area (Å²) in [6.45, 7) is 0. The zero-order chi connectivity index (χ0) is 26.0. The predicted molar refractivity (Wildman–Crippen MR) is 163 cm³/mol. The van der Waals surface area contributed by atoms with E-state index in [4.69, 9.17) is 69.6 Å². The standard InChI is InChI=1S/C26H18Cl6N2S2/c27-15-9-13(10-16(28)23(15)31)25(33-19-5-1-3-7-21(19)35)26(34-20-6-2-4-8-22(20)36)14-11-17(29)24(32)18(30)12-14/h1-12,25-26,33-36H. The van der Waals surface area contributed by atoms with Gasteiger partial charge >= 0.3 is 0 Å². The Bertz CT molecular complexity index is 1260. The summed E-state index contributed by atoms with van der Waals surface area (Å²) in [5.74, 6) is 0. The lowest BCUT2D eigenvalue weighted by Gasteiger charge is -2.33. The van der Waals surface area contributed by atoms with Gasteiger partial charge in [0.25, 0.3) is 0 Å². The van der Waals surface area contributed by atoms with Crippen LogP contribution in [0.2, 0.25) is 30.1 Å². The number of hydrogen-bond acceptors (Lipinski definition) is 4. The molecule has 4 aromatic carbocycles. The first-order valence-electron chi connectivity index (χ1n) is 10.5. The van der Waals surface area contributed by atoms with Crippen molar-refractivity contribution in [1.29, 1.82) is 0 Å². The molecule has 0 aliphatic heterocycles. The average Bonchev–Trinajstić information content (AvgIpc) is 2.84. The largest absolute Gasteiger partial charge is 0.375 e. The van der Waals surface area contributed by atoms with Crippen molar-refractivity contribution in [3.8, 4) is 0 Å². The molecule has 10 heteroatoms. The zero-order valence-corrected chi connectivity index (χ0v) is 24.6. The second kappa shape index (κ2) is 12.2. The topological polar surface area (TPSA) is 24.1 Å². The van der Waals surface area contributed by atoms with Gasteiger partial charge in [0.2, 0.25) is 0 Å². The van der Waals surface area contributed by atoms with E-state index in [1.54, 1.807) is 24.3 Å². The number of nitrogens with one attached hydrogen (secondary N) is 2. The first-order chi connectivity index (χ1) is 17.2. The second-order valence-corrected chi connectivity index (χ2v) is 11.2. The Kier molecular flexibility index (Phi) is 9.46. The van der Waals surface area contributed by atoms with Crippen LogP contribution in [0.25, 0.3) is 0 Å². The van der Waals surface area contributed by atoms with Gasteiger partial charge in [-0.1, -0.05) is 93.9 Å². The van der Waals surface area contributed by atoms with Crippen LogP contribution in [0.5, 0.6) is 0 Å². The van der Waals surface area contributed by atoms with E-state index < -0.39 is 12.1 Å². The van der Waals surface area contributed by atoms with E-state index >= 15 is 0 Å². The smallest absolute Gasteiger partial charge is 0.0778 e. The van der Waals surface area contributed by atoms with Crippen LogP contribution in [0, 0.1) is 0 Å². The fourth-order valence-corrected chi connectivity index (χ4v) is 5.43. The highest BCUT2D eigenvalue weighted by molar-refractivity contribution is 7.80. The summed E-state index contributed by atoms with van der Waals surface area (Å²) in [5.41, 5.74) is 3.12. The van der Waals surface area contributed by atoms with Gasteiger partial charge in [-0.15, -0.1) is 25.3 Å². The van der Waals surface area contributed by atoms with Crippen molar-refractivity contribution in [2.75, 3.05) is 10.6 Å². The van der Waals surface area contributed by atoms with Crippen molar-refractivity contribution in [3.63, 3.8) is 0 Å². The molecule has 186 valence electrons. The van der Waals surface area contributed by atoms with Crippen LogP contribution >= 0.6 is 94.9 Å². The predicted octanol–water partition coefficient (Wildman–Crippen LogP) is 11.2. The van der Waals surface area contributed by atoms with E-state index in [9.17, 15) is 0 Å². The molecule has 2 nitrogen and oxygen atoms in total. The van der Waals surface area contributed by atoms with Gasteiger partial charge in [0, 0.05) is 21.2 Å². The van der Waals surface area contributed by atoms with E-state index in [-0.39, 0.29) is 10.0 Å². The monoisotopic (exact) mass is 632 g/mol. The summed E-state index contributed by atoms with van der Waals surface area (Å²) in [6.07, 6.45) is 0. The van der Waals surface area contributed by atoms with Crippen molar-refractivity contribution >= 4 is 106 Å². The van der Waals surface area contributed by atoms with E-state index in [0.29, 0.717) is 20.1 Å². The molecule has 36 heavy (non-hydrogen) atoms. The van der Waals surface area contributed by atoms with Gasteiger partial charge in [-0.05, 0) is 59.7 Å². The van der Waals surface area contributed by atoms with Gasteiger partial charge in [-0.3, -0.25) is 0 Å². The fraction of sp³-hybridized carbons (Fsp3) is 0.0769. The second-order valence-electron chi connectivity index (χ2n) is 7.88. The van der Waals surface area contributed by atoms with Gasteiger partial charge in [0.1, 0.15) is 0 Å². The number of anilines is 2. The van der Waals surface area contributed by atoms with Gasteiger partial charge in [0.15, 0.2) is 0 Å². The summed E-state index contributed by atoms with van der Waals surface area (Å²) in [7, 11) is 0. The molecular formula is C26H18Cl6N2S2. The van der Waals surface area contributed by atoms with Crippen molar-refractivity contribution in [3.05, 3.63) is 114 Å². The van der Waals surface area contributed by atoms with Gasteiger partial charge in [-0.2, -0.15) is 0 Å². The lowest BCUT2D eigenvalue weighted by atomic mass is 9.92. The Hall–Kier alpha value is -1.08. The Morgan fingerprint density at radius 1 is 0.500 bits per heavy atom. The average molecular weight is 635 g/mol. The molecule has 0 saturated heterocycles. The lowest BCUT2D eigenvalue weighted by molar-refractivity contribution is 0.647. The molecule has 0 amide bonds. The molecule has 0 spiro atoms. The van der Waals surface area contributed by atoms with E-state index in [0.717, 1.165) is 32.3 Å². The quantitative estimate of drug-likeness (QED) is 0.120. The van der Waals surface area contributed by atoms with Crippen LogP contribution in [-0.4, -0.2) is 0 Å². The number of benzene rings is 4. The van der Waals surface area contributed by atoms with Crippen LogP contribution < -0.4 is 10.6 Å². The number of halogens is 6. The third-order valence-electron chi connectivity index (χ3n) is 5.49. The van der Waals surface area contributed by atoms with Crippen LogP contribution in [-0.2, 0) is 0 Å². The fourth-order valence-electron chi connectivity index (χ4n) is 3.75. The minimum atomic E-state index is -0.452. The molecule has 0 aliphatic rings. The Balaban J connectivity index is 1.94. The number of para-hydroxylation sites is 2. The summed E-state index contributed by atoms with van der Waals surface area (Å²) < 4.78 is 0. The molecule has 2 atom stereocenters. The lowest BCUT2D eigenvalue weighted by Crippen LogP contribution is -2.26. The molecule has 0 saturated carbocycles. The number of hydrogen-bond donors (Lipinski definition) is 4. The van der Waals surface area contributed by atoms with Gasteiger partial charge in [-0.25, -0.2) is 0 Å². The third kappa shape index (κ3) is 6.31. The maximum atomic E-state index is 6.45. The van der Waals surface area contributed by atoms with Crippen molar-refractivity contribution in [2.45, 2.75) is 21.9 Å². The van der Waals surface area contributed by atoms with Gasteiger partial charge in [0.05, 0.1) is 42.2 Å². The molecule has 0 heterocycles. The maximum Gasteiger partial charge on any atom is 0.0778 e. The SMILES string of the molecule is Sc1ccccc1NC(c1cc(Cl)c(Cl)c(Cl)c1)C(Nc1ccccc1S)c1cc(Cl)c(Cl)c(Cl)c1. The van der Waals surface area contributed by atoms with E-state index in [1.165, 1.54) is 0 Å². The molecule has 0 bridgehead atoms. The normalized spacial score (nSPS) is 12.8. The molecule has 0 aliphatic carbocycles.